The maximum absolute atomic E-state index is 13.3. The maximum Gasteiger partial charge on any atom is 0.227 e. The molecule has 0 spiro atoms. The van der Waals surface area contributed by atoms with Gasteiger partial charge in [0, 0.05) is 47.9 Å². The molecule has 0 aliphatic carbocycles. The van der Waals surface area contributed by atoms with Gasteiger partial charge in [0.05, 0.1) is 13.0 Å². The van der Waals surface area contributed by atoms with Gasteiger partial charge in [-0.25, -0.2) is 0 Å². The molecule has 1 atom stereocenters. The lowest BCUT2D eigenvalue weighted by Gasteiger charge is -2.43. The molecule has 0 radical (unpaired) electrons. The van der Waals surface area contributed by atoms with Crippen LogP contribution in [0.1, 0.15) is 49.0 Å². The molecule has 0 N–H and O–H groups in total. The highest BCUT2D eigenvalue weighted by Gasteiger charge is 2.41. The lowest BCUT2D eigenvalue weighted by Crippen LogP contribution is -2.51. The first-order valence-electron chi connectivity index (χ1n) is 11.9. The molecule has 1 unspecified atom stereocenters. The third-order valence-corrected chi connectivity index (χ3v) is 8.13. The van der Waals surface area contributed by atoms with Crippen LogP contribution in [0.5, 0.6) is 5.75 Å². The number of likely N-dealkylation sites (tertiary alicyclic amines) is 2. The van der Waals surface area contributed by atoms with Gasteiger partial charge < -0.3 is 14.5 Å². The van der Waals surface area contributed by atoms with E-state index in [1.54, 1.807) is 11.3 Å². The van der Waals surface area contributed by atoms with E-state index in [0.29, 0.717) is 31.0 Å². The normalized spacial score (nSPS) is 21.2. The summed E-state index contributed by atoms with van der Waals surface area (Å²) in [5.74, 6) is 1.08. The van der Waals surface area contributed by atoms with Crippen molar-refractivity contribution in [1.82, 2.24) is 9.80 Å². The molecule has 5 nitrogen and oxygen atoms in total. The zero-order valence-electron chi connectivity index (χ0n) is 19.4. The van der Waals surface area contributed by atoms with Gasteiger partial charge in [0.2, 0.25) is 11.8 Å². The fourth-order valence-corrected chi connectivity index (χ4v) is 5.74. The van der Waals surface area contributed by atoms with Crippen LogP contribution in [0.3, 0.4) is 0 Å². The van der Waals surface area contributed by atoms with Crippen LogP contribution in [0.15, 0.2) is 35.7 Å². The fraction of sp³-hybridized carbons (Fsp3) is 0.538. The Morgan fingerprint density at radius 1 is 1.06 bits per heavy atom. The average molecular weight is 489 g/mol. The van der Waals surface area contributed by atoms with Gasteiger partial charge in [0.25, 0.3) is 0 Å². The molecule has 2 amide bonds. The van der Waals surface area contributed by atoms with Crippen molar-refractivity contribution in [3.8, 4) is 5.75 Å². The zero-order valence-corrected chi connectivity index (χ0v) is 20.9. The molecule has 2 aromatic rings. The van der Waals surface area contributed by atoms with Gasteiger partial charge in [-0.2, -0.15) is 0 Å². The van der Waals surface area contributed by atoms with Crippen LogP contribution < -0.4 is 4.74 Å². The van der Waals surface area contributed by atoms with Crippen LogP contribution in [0.25, 0.3) is 0 Å². The Balaban J connectivity index is 1.49. The maximum atomic E-state index is 13.3. The van der Waals surface area contributed by atoms with Crippen molar-refractivity contribution in [3.63, 3.8) is 0 Å². The molecule has 2 aliphatic rings. The molecule has 2 saturated heterocycles. The van der Waals surface area contributed by atoms with Crippen LogP contribution in [0, 0.1) is 12.3 Å². The molecule has 3 heterocycles. The van der Waals surface area contributed by atoms with Crippen LogP contribution in [0.2, 0.25) is 5.02 Å². The lowest BCUT2D eigenvalue weighted by atomic mass is 9.77. The number of thiophene rings is 1. The molecule has 1 aromatic heterocycles. The second-order valence-corrected chi connectivity index (χ2v) is 10.9. The molecular formula is C26H33ClN2O3S. The first-order valence-corrected chi connectivity index (χ1v) is 13.2. The summed E-state index contributed by atoms with van der Waals surface area (Å²) in [6.45, 7) is 5.35. The number of carbonyl (C=O) groups is 2. The summed E-state index contributed by atoms with van der Waals surface area (Å²) in [5, 5.41) is 2.71. The van der Waals surface area contributed by atoms with Crippen molar-refractivity contribution >= 4 is 34.8 Å². The van der Waals surface area contributed by atoms with E-state index in [1.807, 2.05) is 52.4 Å². The summed E-state index contributed by atoms with van der Waals surface area (Å²) in [6, 6.07) is 9.64. The quantitative estimate of drug-likeness (QED) is 0.528. The summed E-state index contributed by atoms with van der Waals surface area (Å²) < 4.78 is 6.24. The number of aryl methyl sites for hydroxylation is 1. The fourth-order valence-electron chi connectivity index (χ4n) is 4.93. The number of hydrogen-bond donors (Lipinski definition) is 0. The number of halogens is 1. The van der Waals surface area contributed by atoms with E-state index >= 15 is 0 Å². The molecule has 33 heavy (non-hydrogen) atoms. The monoisotopic (exact) mass is 488 g/mol. The van der Waals surface area contributed by atoms with E-state index in [0.717, 1.165) is 61.5 Å². The van der Waals surface area contributed by atoms with E-state index in [1.165, 1.54) is 6.42 Å². The molecule has 0 bridgehead atoms. The summed E-state index contributed by atoms with van der Waals surface area (Å²) in [7, 11) is 0. The van der Waals surface area contributed by atoms with Crippen molar-refractivity contribution in [1.29, 1.82) is 0 Å². The lowest BCUT2D eigenvalue weighted by molar-refractivity contribution is -0.141. The minimum Gasteiger partial charge on any atom is -0.493 e. The predicted molar refractivity (Wildman–Crippen MR) is 133 cm³/mol. The topological polar surface area (TPSA) is 49.9 Å². The number of ether oxygens (including phenoxy) is 1. The number of piperidine rings is 2. The molecule has 2 fully saturated rings. The van der Waals surface area contributed by atoms with E-state index in [9.17, 15) is 9.59 Å². The molecular weight excluding hydrogens is 456 g/mol. The van der Waals surface area contributed by atoms with Gasteiger partial charge in [0.1, 0.15) is 5.75 Å². The minimum absolute atomic E-state index is 0.134. The van der Waals surface area contributed by atoms with Crippen molar-refractivity contribution < 1.29 is 14.3 Å². The smallest absolute Gasteiger partial charge is 0.227 e. The van der Waals surface area contributed by atoms with E-state index in [4.69, 9.17) is 16.3 Å². The van der Waals surface area contributed by atoms with E-state index in [2.05, 4.69) is 0 Å². The largest absolute Gasteiger partial charge is 0.493 e. The number of carbonyl (C=O) groups excluding carboxylic acids is 2. The Kier molecular flexibility index (Phi) is 7.97. The molecule has 0 saturated carbocycles. The highest BCUT2D eigenvalue weighted by Crippen LogP contribution is 2.36. The van der Waals surface area contributed by atoms with Crippen LogP contribution in [0.4, 0.5) is 0 Å². The van der Waals surface area contributed by atoms with Gasteiger partial charge in [0.15, 0.2) is 0 Å². The Morgan fingerprint density at radius 3 is 2.58 bits per heavy atom. The molecule has 4 rings (SSSR count). The standard InChI is InChI=1S/C26H33ClN2O3S/c1-20-15-21(8-9-23(20)27)32-19-26(17-25(31)28-11-3-2-4-12-28)10-6-13-29(18-26)24(30)16-22-7-5-14-33-22/h5,7-9,14-15H,2-4,6,10-13,16-19H2,1H3. The predicted octanol–water partition coefficient (Wildman–Crippen LogP) is 5.34. The molecule has 1 aromatic carbocycles. The van der Waals surface area contributed by atoms with Crippen LogP contribution >= 0.6 is 22.9 Å². The third-order valence-electron chi connectivity index (χ3n) is 6.83. The van der Waals surface area contributed by atoms with E-state index in [-0.39, 0.29) is 17.2 Å². The number of hydrogen-bond acceptors (Lipinski definition) is 4. The zero-order chi connectivity index (χ0) is 23.3. The summed E-state index contributed by atoms with van der Waals surface area (Å²) >= 11 is 7.79. The van der Waals surface area contributed by atoms with Gasteiger partial charge in [-0.1, -0.05) is 17.7 Å². The van der Waals surface area contributed by atoms with E-state index < -0.39 is 0 Å². The number of nitrogens with zero attached hydrogens (tertiary/aromatic N) is 2. The SMILES string of the molecule is Cc1cc(OCC2(CC(=O)N3CCCCC3)CCCN(C(=O)Cc3cccs3)C2)ccc1Cl. The Bertz CT molecular complexity index is 958. The van der Waals surface area contributed by atoms with Crippen LogP contribution in [-0.2, 0) is 16.0 Å². The Hall–Kier alpha value is -2.05. The number of rotatable bonds is 7. The highest BCUT2D eigenvalue weighted by molar-refractivity contribution is 7.10. The summed E-state index contributed by atoms with van der Waals surface area (Å²) in [6.07, 6.45) is 5.94. The van der Waals surface area contributed by atoms with Crippen molar-refractivity contribution in [3.05, 3.63) is 51.2 Å². The number of benzene rings is 1. The Labute approximate surface area is 205 Å². The first kappa shape index (κ1) is 24.1. The average Bonchev–Trinajstić information content (AvgIpc) is 3.34. The van der Waals surface area contributed by atoms with Crippen molar-refractivity contribution in [2.75, 3.05) is 32.8 Å². The summed E-state index contributed by atoms with van der Waals surface area (Å²) in [5.41, 5.74) is 0.579. The molecule has 2 aliphatic heterocycles. The van der Waals surface area contributed by atoms with Gasteiger partial charge >= 0.3 is 0 Å². The second kappa shape index (κ2) is 10.9. The van der Waals surface area contributed by atoms with Gasteiger partial charge in [-0.05, 0) is 74.2 Å². The Morgan fingerprint density at radius 2 is 1.85 bits per heavy atom. The summed E-state index contributed by atoms with van der Waals surface area (Å²) in [4.78, 5) is 31.4. The number of amides is 2. The molecule has 178 valence electrons. The minimum atomic E-state index is -0.384. The van der Waals surface area contributed by atoms with Crippen molar-refractivity contribution in [2.24, 2.45) is 5.41 Å². The third kappa shape index (κ3) is 6.30. The second-order valence-electron chi connectivity index (χ2n) is 9.49. The molecule has 7 heteroatoms. The first-order chi connectivity index (χ1) is 15.9. The van der Waals surface area contributed by atoms with Gasteiger partial charge in [-0.15, -0.1) is 11.3 Å². The van der Waals surface area contributed by atoms with Crippen LogP contribution in [-0.4, -0.2) is 54.4 Å². The highest BCUT2D eigenvalue weighted by atomic mass is 35.5. The van der Waals surface area contributed by atoms with Gasteiger partial charge in [-0.3, -0.25) is 9.59 Å². The van der Waals surface area contributed by atoms with Crippen molar-refractivity contribution in [2.45, 2.75) is 51.9 Å².